The lowest BCUT2D eigenvalue weighted by Gasteiger charge is -2.45. The summed E-state index contributed by atoms with van der Waals surface area (Å²) < 4.78 is 0. The maximum absolute atomic E-state index is 7.25. The van der Waals surface area contributed by atoms with Crippen LogP contribution in [0, 0.1) is 47.3 Å². The summed E-state index contributed by atoms with van der Waals surface area (Å²) in [6.07, 6.45) is -2.60. The van der Waals surface area contributed by atoms with Crippen molar-refractivity contribution < 1.29 is 0 Å². The average Bonchev–Trinajstić information content (AvgIpc) is 3.89. The molecular weight excluding hydrogens is 1030 g/mol. The minimum absolute atomic E-state index is 0.142. The van der Waals surface area contributed by atoms with Crippen molar-refractivity contribution in [3.05, 3.63) is 0 Å². The maximum atomic E-state index is 7.25. The van der Waals surface area contributed by atoms with Gasteiger partial charge in [0, 0.05) is 52.7 Å². The van der Waals surface area contributed by atoms with Crippen LogP contribution in [0.15, 0.2) is 0 Å². The summed E-state index contributed by atoms with van der Waals surface area (Å²) in [6.45, 7) is 0. The molecule has 9 rings (SSSR count). The molecule has 0 amide bonds. The molecule has 0 aromatic carbocycles. The highest BCUT2D eigenvalue weighted by Crippen LogP contribution is 2.53. The zero-order valence-corrected chi connectivity index (χ0v) is 39.6. The molecule has 5 heterocycles. The van der Waals surface area contributed by atoms with E-state index in [1.165, 1.54) is 0 Å². The van der Waals surface area contributed by atoms with Crippen LogP contribution in [0.2, 0.25) is 0 Å². The van der Waals surface area contributed by atoms with Crippen LogP contribution in [-0.4, -0.2) is 130 Å². The molecule has 31 unspecified atom stereocenters. The SMILES string of the molecule is ClC1CC(Cl)C2C3NC(NC4NC(NC5NC(NC6NC(N3)C3C(Cl)C(Cl)C(Cl)C(Cl)C63)C3C(Cl)C(Cl)C(Cl)C(Cl)C53)C3C(Cl)C(Cl)C(Cl)C(Cl)C43)C2C1Cl. The molecule has 8 N–H and O–H groups in total. The first-order valence-corrected chi connectivity index (χ1v) is 25.3. The number of fused-ring (bicyclic) bond motifs is 20. The van der Waals surface area contributed by atoms with Crippen LogP contribution < -0.4 is 42.5 Å². The molecule has 0 aromatic heterocycles. The number of rotatable bonds is 0. The minimum atomic E-state index is -0.607. The van der Waals surface area contributed by atoms with Gasteiger partial charge in [0.1, 0.15) is 0 Å². The fourth-order valence-corrected chi connectivity index (χ4v) is 18.4. The second kappa shape index (κ2) is 16.8. The van der Waals surface area contributed by atoms with Crippen molar-refractivity contribution in [3.8, 4) is 0 Å². The Morgan fingerprint density at radius 1 is 0.200 bits per heavy atom. The van der Waals surface area contributed by atoms with Crippen LogP contribution in [0.3, 0.4) is 0 Å². The van der Waals surface area contributed by atoms with Gasteiger partial charge in [0.2, 0.25) is 0 Å². The molecule has 0 radical (unpaired) electrons. The fraction of sp³-hybridized carbons (Fsp3) is 1.00. The van der Waals surface area contributed by atoms with Crippen molar-refractivity contribution in [2.45, 2.75) is 136 Å². The van der Waals surface area contributed by atoms with Gasteiger partial charge in [-0.3, -0.25) is 42.5 Å². The first-order chi connectivity index (χ1) is 26.0. The summed E-state index contributed by atoms with van der Waals surface area (Å²) in [5.74, 6) is -1.96. The van der Waals surface area contributed by atoms with Gasteiger partial charge < -0.3 is 0 Å². The third-order valence-electron chi connectivity index (χ3n) is 14.3. The topological polar surface area (TPSA) is 96.2 Å². The fourth-order valence-electron chi connectivity index (χ4n) is 11.8. The molecule has 314 valence electrons. The summed E-state index contributed by atoms with van der Waals surface area (Å²) >= 11 is 106. The van der Waals surface area contributed by atoms with E-state index in [2.05, 4.69) is 42.5 Å². The van der Waals surface area contributed by atoms with Gasteiger partial charge in [0.05, 0.1) is 125 Å². The van der Waals surface area contributed by atoms with Gasteiger partial charge in [0.25, 0.3) is 0 Å². The Labute approximate surface area is 396 Å². The smallest absolute Gasteiger partial charge is 0.0681 e. The summed E-state index contributed by atoms with van der Waals surface area (Å²) in [6, 6.07) is 0. The molecule has 4 aliphatic carbocycles. The van der Waals surface area contributed by atoms with Crippen molar-refractivity contribution in [1.82, 2.24) is 42.5 Å². The summed E-state index contributed by atoms with van der Waals surface area (Å²) in [5.41, 5.74) is 0. The molecule has 5 saturated heterocycles. The van der Waals surface area contributed by atoms with Crippen molar-refractivity contribution in [2.24, 2.45) is 47.3 Å². The molecular formula is C32H41Cl15N8. The van der Waals surface area contributed by atoms with E-state index >= 15 is 0 Å². The van der Waals surface area contributed by atoms with Crippen molar-refractivity contribution in [1.29, 1.82) is 0 Å². The van der Waals surface area contributed by atoms with Gasteiger partial charge in [-0.1, -0.05) is 0 Å². The average molecular weight is 1070 g/mol. The van der Waals surface area contributed by atoms with E-state index in [0.29, 0.717) is 6.42 Å². The Hall–Kier alpha value is 4.03. The van der Waals surface area contributed by atoms with E-state index in [9.17, 15) is 0 Å². The largest absolute Gasteiger partial charge is 0.286 e. The molecule has 23 heteroatoms. The summed E-state index contributed by atoms with van der Waals surface area (Å²) in [4.78, 5) is 0. The summed E-state index contributed by atoms with van der Waals surface area (Å²) in [5, 5.41) is 22.7. The molecule has 31 atom stereocenters. The van der Waals surface area contributed by atoms with E-state index in [-0.39, 0.29) is 76.6 Å². The van der Waals surface area contributed by atoms with Crippen LogP contribution in [0.5, 0.6) is 0 Å². The Morgan fingerprint density at radius 2 is 0.382 bits per heavy atom. The minimum Gasteiger partial charge on any atom is -0.286 e. The molecule has 8 bridgehead atoms. The quantitative estimate of drug-likeness (QED) is 0.143. The number of hydrogen-bond acceptors (Lipinski definition) is 8. The molecule has 0 spiro atoms. The Bertz CT molecular complexity index is 1430. The van der Waals surface area contributed by atoms with Crippen LogP contribution in [0.1, 0.15) is 6.42 Å². The van der Waals surface area contributed by atoms with Gasteiger partial charge in [-0.2, -0.15) is 0 Å². The second-order valence-electron chi connectivity index (χ2n) is 16.8. The Balaban J connectivity index is 1.15. The van der Waals surface area contributed by atoms with Gasteiger partial charge in [-0.05, 0) is 6.42 Å². The van der Waals surface area contributed by atoms with E-state index in [4.69, 9.17) is 174 Å². The van der Waals surface area contributed by atoms with Gasteiger partial charge in [-0.15, -0.1) is 174 Å². The van der Waals surface area contributed by atoms with Crippen LogP contribution in [0.4, 0.5) is 0 Å². The number of alkyl halides is 15. The van der Waals surface area contributed by atoms with Gasteiger partial charge in [-0.25, -0.2) is 0 Å². The zero-order valence-electron chi connectivity index (χ0n) is 28.3. The monoisotopic (exact) mass is 1060 g/mol. The highest BCUT2D eigenvalue weighted by Gasteiger charge is 2.65. The summed E-state index contributed by atoms with van der Waals surface area (Å²) in [7, 11) is 0. The van der Waals surface area contributed by atoms with E-state index < -0.39 is 101 Å². The second-order valence-corrected chi connectivity index (χ2v) is 24.5. The molecule has 9 aliphatic rings. The number of hydrogen-bond donors (Lipinski definition) is 8. The predicted molar refractivity (Wildman–Crippen MR) is 233 cm³/mol. The first kappa shape index (κ1) is 44.2. The van der Waals surface area contributed by atoms with Gasteiger partial charge >= 0.3 is 0 Å². The van der Waals surface area contributed by atoms with E-state index in [0.717, 1.165) is 0 Å². The van der Waals surface area contributed by atoms with Gasteiger partial charge in [0.15, 0.2) is 0 Å². The molecule has 5 aliphatic heterocycles. The third-order valence-corrected chi connectivity index (χ3v) is 23.7. The van der Waals surface area contributed by atoms with Crippen molar-refractivity contribution >= 4 is 174 Å². The van der Waals surface area contributed by atoms with E-state index in [1.54, 1.807) is 0 Å². The molecule has 0 aromatic rings. The zero-order chi connectivity index (χ0) is 39.3. The predicted octanol–water partition coefficient (Wildman–Crippen LogP) is 5.87. The molecule has 9 fully saturated rings. The Morgan fingerprint density at radius 3 is 0.600 bits per heavy atom. The standard InChI is InChI=1S/C32H41Cl15N8/c33-2-1-3(34)12(35)5-4(2)25-48-26(5)50-28-8-9(16(39)22(45)21(44)15(8)38)30(52-28)54-32-11-10(17(40)23(46)24(47)18(11)41)31(55-32)53-29-7-6(27(49-25)51-29)13(36)19(42)20(43)14(7)37/h2-32,48-55H,1H2. The Kier molecular flexibility index (Phi) is 13.5. The van der Waals surface area contributed by atoms with Crippen molar-refractivity contribution in [2.75, 3.05) is 0 Å². The highest BCUT2D eigenvalue weighted by molar-refractivity contribution is 6.40. The number of nitrogens with one attached hydrogen (secondary N) is 8. The molecule has 55 heavy (non-hydrogen) atoms. The van der Waals surface area contributed by atoms with Crippen LogP contribution in [0.25, 0.3) is 0 Å². The lowest BCUT2D eigenvalue weighted by molar-refractivity contribution is 0.181. The van der Waals surface area contributed by atoms with Crippen molar-refractivity contribution in [3.63, 3.8) is 0 Å². The highest BCUT2D eigenvalue weighted by atomic mass is 35.5. The van der Waals surface area contributed by atoms with Crippen LogP contribution in [-0.2, 0) is 0 Å². The third kappa shape index (κ3) is 7.11. The van der Waals surface area contributed by atoms with E-state index in [1.807, 2.05) is 0 Å². The normalized spacial score (nSPS) is 65.6. The molecule has 8 nitrogen and oxygen atoms in total. The van der Waals surface area contributed by atoms with Crippen LogP contribution >= 0.6 is 174 Å². The lowest BCUT2D eigenvalue weighted by Crippen LogP contribution is -2.62. The number of halogens is 15. The maximum Gasteiger partial charge on any atom is 0.0681 e. The first-order valence-electron chi connectivity index (χ1n) is 18.7. The lowest BCUT2D eigenvalue weighted by atomic mass is 9.75. The molecule has 4 saturated carbocycles.